The molecule has 1 N–H and O–H groups in total. The van der Waals surface area contributed by atoms with Crippen LogP contribution in [0.5, 0.6) is 5.75 Å². The van der Waals surface area contributed by atoms with Gasteiger partial charge in [-0.2, -0.15) is 10.2 Å². The van der Waals surface area contributed by atoms with Crippen molar-refractivity contribution in [3.63, 3.8) is 0 Å². The molecule has 3 aromatic carbocycles. The number of benzene rings is 3. The van der Waals surface area contributed by atoms with E-state index in [1.807, 2.05) is 27.1 Å². The van der Waals surface area contributed by atoms with Crippen LogP contribution in [0.25, 0.3) is 27.5 Å². The summed E-state index contributed by atoms with van der Waals surface area (Å²) < 4.78 is 55.2. The fourth-order valence-corrected chi connectivity index (χ4v) is 12.3. The minimum atomic E-state index is -0.860. The number of aromatic amines is 1. The second-order valence-electron chi connectivity index (χ2n) is 21.3. The molecule has 0 radical (unpaired) electrons. The highest BCUT2D eigenvalue weighted by Crippen LogP contribution is 2.56. The van der Waals surface area contributed by atoms with Crippen molar-refractivity contribution in [2.45, 2.75) is 116 Å². The predicted octanol–water partition coefficient (Wildman–Crippen LogP) is 8.58. The standard InChI is InChI=1S/C52H54F2N10O6/c1-26-15-34(16-27(2)43(26)53)64-46(60-24-35-25-68-41-19-39-36(22-55-61(39)23-30-7-8-30)44(54)45(41)62(35)50(60)67)42-29(4)59(13-11-37(42)57-64)47(65)40-18-33-17-31(32-12-14-69-51(5,6)21-32)9-10-38(33)63(40)52(20-28(52)3)48-56-49(66)70-58-48/h9-10,15-19,22,28-30,32,35H,7-8,11-14,20-21,23-25H2,1-6H3,(H,56,58,66)/t28-,29-,32-,35+,52-/m0/s1. The Morgan fingerprint density at radius 2 is 1.76 bits per heavy atom. The molecule has 5 atom stereocenters. The monoisotopic (exact) mass is 952 g/mol. The van der Waals surface area contributed by atoms with Gasteiger partial charge in [0.15, 0.2) is 11.6 Å². The van der Waals surface area contributed by atoms with Gasteiger partial charge in [0.05, 0.1) is 52.7 Å². The van der Waals surface area contributed by atoms with E-state index in [-0.39, 0.29) is 53.7 Å². The van der Waals surface area contributed by atoms with E-state index in [2.05, 4.69) is 54.2 Å². The zero-order valence-corrected chi connectivity index (χ0v) is 40.0. The molecule has 2 saturated heterocycles. The van der Waals surface area contributed by atoms with Gasteiger partial charge in [-0.15, -0.1) is 0 Å². The summed E-state index contributed by atoms with van der Waals surface area (Å²) in [4.78, 5) is 51.2. The maximum absolute atomic E-state index is 16.9. The molecule has 4 aromatic heterocycles. The summed E-state index contributed by atoms with van der Waals surface area (Å²) in [6.07, 6.45) is 6.45. The SMILES string of the molecule is Cc1cc(-n2nc3c(c2N2C[C@@H]4COc5cc6c(cnn6CC6CC6)c(F)c5N4C2=O)[C@H](C)N(C(=O)c2cc4cc([C@H]5CCOC(C)(C)C5)ccc4n2[C@@]2(c4noc(=O)[nH]4)C[C@@H]2C)CC3)cc(C)c1F. The smallest absolute Gasteiger partial charge is 0.438 e. The molecule has 0 unspecified atom stereocenters. The van der Waals surface area contributed by atoms with E-state index in [4.69, 9.17) is 19.1 Å². The van der Waals surface area contributed by atoms with Crippen LogP contribution in [0.3, 0.4) is 0 Å². The molecule has 8 heterocycles. The van der Waals surface area contributed by atoms with Crippen LogP contribution in [0.15, 0.2) is 58.0 Å². The Morgan fingerprint density at radius 1 is 0.971 bits per heavy atom. The van der Waals surface area contributed by atoms with Gasteiger partial charge in [-0.05, 0) is 131 Å². The first kappa shape index (κ1) is 43.2. The van der Waals surface area contributed by atoms with Crippen LogP contribution in [0.2, 0.25) is 0 Å². The number of carbonyl (C=O) groups is 2. The number of H-pyrrole nitrogens is 1. The Kier molecular flexibility index (Phi) is 9.32. The summed E-state index contributed by atoms with van der Waals surface area (Å²) in [5.41, 5.74) is 4.69. The number of carbonyl (C=O) groups excluding carboxylic acids is 2. The number of fused-ring (bicyclic) bond motifs is 6. The molecule has 3 amide bonds. The lowest BCUT2D eigenvalue weighted by atomic mass is 9.83. The molecule has 70 heavy (non-hydrogen) atoms. The fourth-order valence-electron chi connectivity index (χ4n) is 12.3. The number of nitrogens with zero attached hydrogens (tertiary/aromatic N) is 9. The molecule has 362 valence electrons. The number of hydrogen-bond acceptors (Lipinski definition) is 9. The van der Waals surface area contributed by atoms with Gasteiger partial charge in [-0.3, -0.25) is 28.8 Å². The highest BCUT2D eigenvalue weighted by Gasteiger charge is 2.59. The summed E-state index contributed by atoms with van der Waals surface area (Å²) in [6, 6.07) is 11.9. The van der Waals surface area contributed by atoms with Gasteiger partial charge in [0.2, 0.25) is 0 Å². The second-order valence-corrected chi connectivity index (χ2v) is 21.3. The molecule has 2 saturated carbocycles. The molecule has 16 nitrogen and oxygen atoms in total. The van der Waals surface area contributed by atoms with Gasteiger partial charge >= 0.3 is 11.8 Å². The number of hydrogen-bond donors (Lipinski definition) is 1. The van der Waals surface area contributed by atoms with Gasteiger partial charge in [-0.1, -0.05) is 18.1 Å². The van der Waals surface area contributed by atoms with Crippen molar-refractivity contribution in [2.24, 2.45) is 11.8 Å². The van der Waals surface area contributed by atoms with Crippen LogP contribution < -0.4 is 20.3 Å². The number of nitrogens with one attached hydrogen (secondary N) is 1. The summed E-state index contributed by atoms with van der Waals surface area (Å²) in [5.74, 6) is -0.00972. The van der Waals surface area contributed by atoms with E-state index in [0.29, 0.717) is 94.8 Å². The molecule has 4 aliphatic heterocycles. The number of amides is 3. The van der Waals surface area contributed by atoms with Crippen molar-refractivity contribution < 1.29 is 32.4 Å². The number of aromatic nitrogens is 7. The summed E-state index contributed by atoms with van der Waals surface area (Å²) in [7, 11) is 0. The van der Waals surface area contributed by atoms with E-state index in [1.165, 1.54) is 16.7 Å². The molecule has 0 bridgehead atoms. The third-order valence-electron chi connectivity index (χ3n) is 16.2. The molecule has 0 spiro atoms. The lowest BCUT2D eigenvalue weighted by molar-refractivity contribution is -0.0592. The van der Waals surface area contributed by atoms with Gasteiger partial charge in [0.25, 0.3) is 5.91 Å². The van der Waals surface area contributed by atoms with Crippen LogP contribution in [0.1, 0.15) is 116 Å². The third kappa shape index (κ3) is 6.39. The third-order valence-corrected chi connectivity index (χ3v) is 16.2. The van der Waals surface area contributed by atoms with Crippen LogP contribution in [-0.4, -0.2) is 89.1 Å². The molecule has 18 heteroatoms. The Hall–Kier alpha value is -6.82. The van der Waals surface area contributed by atoms with Gasteiger partial charge in [0, 0.05) is 48.6 Å². The first-order chi connectivity index (χ1) is 33.6. The Balaban J connectivity index is 0.923. The minimum absolute atomic E-state index is 0.00196. The molecule has 7 aromatic rings. The van der Waals surface area contributed by atoms with Crippen molar-refractivity contribution in [1.82, 2.24) is 39.2 Å². The van der Waals surface area contributed by atoms with Gasteiger partial charge in [0.1, 0.15) is 40.9 Å². The molecular weight excluding hydrogens is 899 g/mol. The maximum Gasteiger partial charge on any atom is 0.438 e. The fraction of sp³-hybridized carbons (Fsp3) is 0.462. The van der Waals surface area contributed by atoms with Crippen LogP contribution in [0.4, 0.5) is 25.1 Å². The molecule has 13 rings (SSSR count). The summed E-state index contributed by atoms with van der Waals surface area (Å²) in [6.45, 7) is 13.5. The second kappa shape index (κ2) is 15.1. The number of anilines is 2. The van der Waals surface area contributed by atoms with Crippen molar-refractivity contribution in [2.75, 3.05) is 36.1 Å². The first-order valence-corrected chi connectivity index (χ1v) is 24.6. The highest BCUT2D eigenvalue weighted by atomic mass is 19.1. The van der Waals surface area contributed by atoms with Gasteiger partial charge < -0.3 is 18.9 Å². The van der Waals surface area contributed by atoms with Gasteiger partial charge in [-0.25, -0.2) is 23.1 Å². The number of ether oxygens (including phenoxy) is 2. The lowest BCUT2D eigenvalue weighted by Crippen LogP contribution is -2.42. The molecule has 2 aliphatic carbocycles. The largest absolute Gasteiger partial charge is 0.489 e. The Labute approximate surface area is 401 Å². The average molecular weight is 953 g/mol. The normalized spacial score (nSPS) is 24.9. The minimum Gasteiger partial charge on any atom is -0.489 e. The van der Waals surface area contributed by atoms with Crippen LogP contribution in [0, 0.1) is 37.3 Å². The Bertz CT molecular complexity index is 3410. The van der Waals surface area contributed by atoms with Crippen molar-refractivity contribution in [3.05, 3.63) is 110 Å². The number of urea groups is 1. The number of halogens is 2. The quantitative estimate of drug-likeness (QED) is 0.157. The molecule has 4 fully saturated rings. The zero-order chi connectivity index (χ0) is 48.3. The number of aryl methyl sites for hydroxylation is 2. The first-order valence-electron chi connectivity index (χ1n) is 24.6. The van der Waals surface area contributed by atoms with Crippen molar-refractivity contribution in [3.8, 4) is 11.4 Å². The van der Waals surface area contributed by atoms with E-state index in [1.54, 1.807) is 41.6 Å². The lowest BCUT2D eigenvalue weighted by Gasteiger charge is -2.35. The summed E-state index contributed by atoms with van der Waals surface area (Å²) in [5, 5.41) is 15.1. The maximum atomic E-state index is 16.9. The van der Waals surface area contributed by atoms with E-state index in [9.17, 15) is 4.79 Å². The highest BCUT2D eigenvalue weighted by molar-refractivity contribution is 6.10. The number of rotatable bonds is 8. The summed E-state index contributed by atoms with van der Waals surface area (Å²) >= 11 is 0. The van der Waals surface area contributed by atoms with Crippen molar-refractivity contribution >= 4 is 45.2 Å². The van der Waals surface area contributed by atoms with E-state index in [0.717, 1.165) is 36.6 Å². The van der Waals surface area contributed by atoms with E-state index < -0.39 is 35.2 Å². The van der Waals surface area contributed by atoms with Crippen molar-refractivity contribution in [1.29, 1.82) is 0 Å². The molecule has 6 aliphatic rings. The van der Waals surface area contributed by atoms with Crippen LogP contribution in [-0.2, 0) is 23.2 Å². The van der Waals surface area contributed by atoms with Crippen LogP contribution >= 0.6 is 0 Å². The molecular formula is C52H54F2N10O6. The predicted molar refractivity (Wildman–Crippen MR) is 255 cm³/mol. The topological polar surface area (TPSA) is 162 Å². The average Bonchev–Trinajstić information content (AvgIpc) is 3.85. The zero-order valence-electron chi connectivity index (χ0n) is 40.0. The van der Waals surface area contributed by atoms with E-state index >= 15 is 18.4 Å². The Morgan fingerprint density at radius 3 is 2.47 bits per heavy atom.